The van der Waals surface area contributed by atoms with E-state index >= 15 is 0 Å². The van der Waals surface area contributed by atoms with E-state index in [4.69, 9.17) is 5.73 Å². The molecule has 7 N–H and O–H groups in total. The van der Waals surface area contributed by atoms with E-state index in [1.54, 1.807) is 12.4 Å². The maximum Gasteiger partial charge on any atom is 0.407 e. The summed E-state index contributed by atoms with van der Waals surface area (Å²) in [4.78, 5) is 52.7. The fourth-order valence-electron chi connectivity index (χ4n) is 5.61. The van der Waals surface area contributed by atoms with Crippen LogP contribution in [0.4, 0.5) is 4.79 Å². The van der Waals surface area contributed by atoms with Gasteiger partial charge in [-0.25, -0.2) is 14.8 Å². The van der Waals surface area contributed by atoms with Crippen LogP contribution in [-0.4, -0.2) is 57.0 Å². The van der Waals surface area contributed by atoms with Gasteiger partial charge in [0.1, 0.15) is 17.7 Å². The number of benzene rings is 3. The van der Waals surface area contributed by atoms with Gasteiger partial charge in [-0.3, -0.25) is 9.59 Å². The summed E-state index contributed by atoms with van der Waals surface area (Å²) in [6.45, 7) is 11.3. The number of nitrogens with two attached hydrogens (primary N) is 1. The monoisotopic (exact) mass is 678 g/mol. The van der Waals surface area contributed by atoms with Crippen molar-refractivity contribution in [1.29, 1.82) is 0 Å². The molecule has 12 heteroatoms. The molecule has 12 nitrogen and oxygen atoms in total. The van der Waals surface area contributed by atoms with Gasteiger partial charge in [0.2, 0.25) is 11.8 Å². The molecule has 0 spiro atoms. The minimum absolute atomic E-state index is 0.0469. The average molecular weight is 679 g/mol. The molecule has 0 saturated carbocycles. The predicted octanol–water partition coefficient (Wildman–Crippen LogP) is 6.01. The van der Waals surface area contributed by atoms with Crippen LogP contribution < -0.4 is 21.7 Å². The third-order valence-corrected chi connectivity index (χ3v) is 8.84. The number of methoxy groups -OCH3 is 1. The van der Waals surface area contributed by atoms with Crippen LogP contribution in [0.5, 0.6) is 0 Å². The summed E-state index contributed by atoms with van der Waals surface area (Å²) in [5.74, 6) is 0.672. The van der Waals surface area contributed by atoms with Gasteiger partial charge < -0.3 is 36.4 Å². The van der Waals surface area contributed by atoms with Gasteiger partial charge >= 0.3 is 6.09 Å². The SMILES string of the molecule is COC(=O)N[C@H](C(=O)N[C@@H](C)c1ncc(-c2ccc3cc(-c4ccc(-c5cnc([C@H](C)NC(=O)[C@@H](N)C(C)C)[nH]5)cc4)ccc3c2)[nH]1)C(C)C. The van der Waals surface area contributed by atoms with Gasteiger partial charge in [0, 0.05) is 5.56 Å². The lowest BCUT2D eigenvalue weighted by Gasteiger charge is -2.22. The van der Waals surface area contributed by atoms with Gasteiger partial charge in [0.25, 0.3) is 0 Å². The normalized spacial score (nSPS) is 13.9. The van der Waals surface area contributed by atoms with Crippen LogP contribution >= 0.6 is 0 Å². The Hall–Kier alpha value is -5.49. The number of H-pyrrole nitrogens is 2. The molecule has 0 radical (unpaired) electrons. The Morgan fingerprint density at radius 1 is 0.640 bits per heavy atom. The molecule has 4 atom stereocenters. The summed E-state index contributed by atoms with van der Waals surface area (Å²) in [6, 6.07) is 18.9. The van der Waals surface area contributed by atoms with Crippen molar-refractivity contribution in [2.24, 2.45) is 17.6 Å². The number of nitrogens with zero attached hydrogens (tertiary/aromatic N) is 2. The maximum atomic E-state index is 12.9. The second-order valence-corrected chi connectivity index (χ2v) is 13.3. The van der Waals surface area contributed by atoms with Gasteiger partial charge in [0.05, 0.1) is 49.0 Å². The van der Waals surface area contributed by atoms with Crippen LogP contribution in [0.3, 0.4) is 0 Å². The average Bonchev–Trinajstić information content (AvgIpc) is 3.81. The van der Waals surface area contributed by atoms with Gasteiger partial charge in [0.15, 0.2) is 0 Å². The zero-order valence-electron chi connectivity index (χ0n) is 29.5. The molecule has 3 aromatic carbocycles. The molecule has 2 aromatic heterocycles. The molecule has 0 aliphatic heterocycles. The Morgan fingerprint density at radius 2 is 1.12 bits per heavy atom. The molecular formula is C38H46N8O4. The molecule has 50 heavy (non-hydrogen) atoms. The summed E-state index contributed by atoms with van der Waals surface area (Å²) in [5, 5.41) is 10.6. The van der Waals surface area contributed by atoms with Crippen LogP contribution in [-0.2, 0) is 14.3 Å². The van der Waals surface area contributed by atoms with Crippen molar-refractivity contribution in [3.8, 4) is 33.6 Å². The standard InChI is InChI=1S/C38H46N8O4/c1-20(2)32(39)36(47)42-22(5)34-40-18-30(44-34)25-10-8-24(9-11-25)26-12-13-28-17-29(15-14-27(28)16-26)31-19-41-35(45-31)23(6)43-37(48)33(21(3)4)46-38(49)50-7/h8-23,32-33H,39H2,1-7H3,(H,40,44)(H,41,45)(H,42,47)(H,43,48)(H,46,49)/t22-,23-,32-,33-/m0/s1. The fraction of sp³-hybridized carbons (Fsp3) is 0.342. The Labute approximate surface area is 292 Å². The molecule has 0 bridgehead atoms. The molecule has 0 aliphatic carbocycles. The highest BCUT2D eigenvalue weighted by molar-refractivity contribution is 5.91. The van der Waals surface area contributed by atoms with E-state index in [0.717, 1.165) is 44.4 Å². The Morgan fingerprint density at radius 3 is 1.66 bits per heavy atom. The predicted molar refractivity (Wildman–Crippen MR) is 195 cm³/mol. The number of rotatable bonds is 12. The summed E-state index contributed by atoms with van der Waals surface area (Å²) < 4.78 is 4.66. The zero-order valence-corrected chi connectivity index (χ0v) is 29.5. The third-order valence-electron chi connectivity index (χ3n) is 8.84. The lowest BCUT2D eigenvalue weighted by molar-refractivity contribution is -0.125. The molecule has 2 heterocycles. The first-order chi connectivity index (χ1) is 23.8. The molecular weight excluding hydrogens is 632 g/mol. The number of amides is 3. The highest BCUT2D eigenvalue weighted by Crippen LogP contribution is 2.30. The van der Waals surface area contributed by atoms with Crippen molar-refractivity contribution in [1.82, 2.24) is 35.9 Å². The van der Waals surface area contributed by atoms with Crippen molar-refractivity contribution in [3.05, 3.63) is 84.7 Å². The first-order valence-corrected chi connectivity index (χ1v) is 16.8. The van der Waals surface area contributed by atoms with Crippen LogP contribution in [0.1, 0.15) is 65.3 Å². The van der Waals surface area contributed by atoms with Gasteiger partial charge in [-0.1, -0.05) is 76.2 Å². The molecule has 5 aromatic rings. The Kier molecular flexibility index (Phi) is 11.0. The molecule has 3 amide bonds. The van der Waals surface area contributed by atoms with E-state index in [-0.39, 0.29) is 29.7 Å². The van der Waals surface area contributed by atoms with E-state index in [2.05, 4.69) is 95.2 Å². The van der Waals surface area contributed by atoms with Crippen molar-refractivity contribution >= 4 is 28.7 Å². The highest BCUT2D eigenvalue weighted by atomic mass is 16.5. The molecule has 0 fully saturated rings. The number of aromatic amines is 2. The number of hydrogen-bond donors (Lipinski definition) is 6. The number of fused-ring (bicyclic) bond motifs is 1. The Bertz CT molecular complexity index is 1960. The van der Waals surface area contributed by atoms with Gasteiger partial charge in [-0.15, -0.1) is 0 Å². The van der Waals surface area contributed by atoms with Crippen LogP contribution in [0, 0.1) is 11.8 Å². The molecule has 5 rings (SSSR count). The molecule has 0 aliphatic rings. The van der Waals surface area contributed by atoms with Crippen molar-refractivity contribution < 1.29 is 19.1 Å². The van der Waals surface area contributed by atoms with Crippen LogP contribution in [0.15, 0.2) is 73.1 Å². The Balaban J connectivity index is 1.24. The maximum absolute atomic E-state index is 12.9. The number of ether oxygens (including phenoxy) is 1. The molecule has 0 saturated heterocycles. The van der Waals surface area contributed by atoms with Crippen molar-refractivity contribution in [2.75, 3.05) is 7.11 Å². The van der Waals surface area contributed by atoms with E-state index in [9.17, 15) is 14.4 Å². The highest BCUT2D eigenvalue weighted by Gasteiger charge is 2.27. The lowest BCUT2D eigenvalue weighted by Crippen LogP contribution is -2.50. The summed E-state index contributed by atoms with van der Waals surface area (Å²) in [5.41, 5.74) is 11.8. The van der Waals surface area contributed by atoms with E-state index < -0.39 is 24.2 Å². The van der Waals surface area contributed by atoms with E-state index in [1.807, 2.05) is 47.6 Å². The minimum atomic E-state index is -0.738. The second kappa shape index (κ2) is 15.4. The number of carbonyl (C=O) groups is 3. The van der Waals surface area contributed by atoms with Crippen molar-refractivity contribution in [3.63, 3.8) is 0 Å². The minimum Gasteiger partial charge on any atom is -0.453 e. The number of alkyl carbamates (subject to hydrolysis) is 1. The van der Waals surface area contributed by atoms with E-state index in [0.29, 0.717) is 11.6 Å². The van der Waals surface area contributed by atoms with Crippen molar-refractivity contribution in [2.45, 2.75) is 65.7 Å². The van der Waals surface area contributed by atoms with Crippen LogP contribution in [0.25, 0.3) is 44.4 Å². The summed E-state index contributed by atoms with van der Waals surface area (Å²) in [6.07, 6.45) is 2.87. The summed E-state index contributed by atoms with van der Waals surface area (Å²) in [7, 11) is 1.26. The quantitative estimate of drug-likeness (QED) is 0.0935. The number of carbonyl (C=O) groups excluding carboxylic acids is 3. The smallest absolute Gasteiger partial charge is 0.407 e. The number of aromatic nitrogens is 4. The fourth-order valence-corrected chi connectivity index (χ4v) is 5.61. The first kappa shape index (κ1) is 35.8. The van der Waals surface area contributed by atoms with Gasteiger partial charge in [-0.2, -0.15) is 0 Å². The van der Waals surface area contributed by atoms with Crippen LogP contribution in [0.2, 0.25) is 0 Å². The third kappa shape index (κ3) is 8.20. The first-order valence-electron chi connectivity index (χ1n) is 16.8. The van der Waals surface area contributed by atoms with Gasteiger partial charge in [-0.05, 0) is 65.3 Å². The topological polar surface area (TPSA) is 180 Å². The lowest BCUT2D eigenvalue weighted by atomic mass is 9.98. The van der Waals surface area contributed by atoms with E-state index in [1.165, 1.54) is 7.11 Å². The molecule has 0 unspecified atom stereocenters. The zero-order chi connectivity index (χ0) is 36.1. The summed E-state index contributed by atoms with van der Waals surface area (Å²) >= 11 is 0. The largest absolute Gasteiger partial charge is 0.453 e. The number of hydrogen-bond acceptors (Lipinski definition) is 7. The second-order valence-electron chi connectivity index (χ2n) is 13.3. The number of nitrogens with one attached hydrogen (secondary N) is 5. The molecule has 262 valence electrons. The number of imidazole rings is 2.